The highest BCUT2D eigenvalue weighted by Crippen LogP contribution is 2.59. The maximum absolute atomic E-state index is 16.4. The Morgan fingerprint density at radius 3 is 2.58 bits per heavy atom. The lowest BCUT2D eigenvalue weighted by Crippen LogP contribution is -2.49. The van der Waals surface area contributed by atoms with Crippen LogP contribution in [0.15, 0.2) is 30.0 Å². The topological polar surface area (TPSA) is 223 Å². The monoisotopic (exact) mass is 889 g/mol. The highest BCUT2D eigenvalue weighted by atomic mass is 32.7. The highest BCUT2D eigenvalue weighted by Gasteiger charge is 2.56. The number of aryl methyl sites for hydroxylation is 1. The number of aromatic nitrogens is 7. The first-order chi connectivity index (χ1) is 26.9. The van der Waals surface area contributed by atoms with Crippen LogP contribution < -0.4 is 16.6 Å². The van der Waals surface area contributed by atoms with Crippen molar-refractivity contribution in [2.45, 2.75) is 107 Å². The fourth-order valence-electron chi connectivity index (χ4n) is 7.30. The molecule has 19 nitrogen and oxygen atoms in total. The second kappa shape index (κ2) is 15.4. The smallest absolute Gasteiger partial charge is 0.386 e. The van der Waals surface area contributed by atoms with E-state index in [0.29, 0.717) is 11.5 Å². The van der Waals surface area contributed by atoms with Crippen LogP contribution in [-0.2, 0) is 61.3 Å². The van der Waals surface area contributed by atoms with Crippen molar-refractivity contribution >= 4 is 73.9 Å². The molecular weight excluding hydrogens is 844 g/mol. The lowest BCUT2D eigenvalue weighted by molar-refractivity contribution is -0.0582. The van der Waals surface area contributed by atoms with E-state index in [4.69, 9.17) is 49.5 Å². The Balaban J connectivity index is 1.16. The second-order valence-corrected chi connectivity index (χ2v) is 26.4. The lowest BCUT2D eigenvalue weighted by Gasteiger charge is -2.41. The van der Waals surface area contributed by atoms with Crippen LogP contribution in [-0.4, -0.2) is 110 Å². The molecule has 0 radical (unpaired) electrons. The summed E-state index contributed by atoms with van der Waals surface area (Å²) < 4.78 is 78.5. The number of imidazole rings is 1. The van der Waals surface area contributed by atoms with Crippen LogP contribution in [0.1, 0.15) is 45.2 Å². The molecule has 4 aliphatic rings. The van der Waals surface area contributed by atoms with Crippen LogP contribution in [0.25, 0.3) is 22.2 Å². The van der Waals surface area contributed by atoms with Gasteiger partial charge in [0.1, 0.15) is 54.6 Å². The van der Waals surface area contributed by atoms with Crippen molar-refractivity contribution in [1.29, 1.82) is 0 Å². The zero-order valence-electron chi connectivity index (χ0n) is 31.8. The fourth-order valence-corrected chi connectivity index (χ4v) is 11.5. The van der Waals surface area contributed by atoms with E-state index in [1.807, 2.05) is 10.8 Å². The molecule has 4 N–H and O–H groups in total. The Labute approximate surface area is 338 Å². The first-order valence-electron chi connectivity index (χ1n) is 18.5. The van der Waals surface area contributed by atoms with Crippen LogP contribution in [0.4, 0.5) is 10.2 Å². The number of hydrogen-bond donors (Lipinski definition) is 4. The molecule has 4 aromatic rings. The van der Waals surface area contributed by atoms with Crippen molar-refractivity contribution in [1.82, 2.24) is 33.6 Å². The molecule has 57 heavy (non-hydrogen) atoms. The fraction of sp³-hybridized carbons (Fsp3) is 0.656. The molecule has 0 spiro atoms. The summed E-state index contributed by atoms with van der Waals surface area (Å²) in [4.78, 5) is 42.4. The van der Waals surface area contributed by atoms with E-state index in [1.54, 1.807) is 0 Å². The SMILES string of the molecule is CC(C)(C)[Si](C)(C)O[C@@H]1[C@@H]2OP(O)(=S)OC[C@H]3O[C@@H](n4cnc5c(=O)n(CCN)cnc54)[C@H](OP(=O)(S)OC[C@H]2O[C@H]1n1cc2c4c(ncnc41)NCCC2)[C@@H]3F. The molecule has 2 unspecified atom stereocenters. The van der Waals surface area contributed by atoms with Crippen LogP contribution in [0.5, 0.6) is 0 Å². The first-order valence-corrected chi connectivity index (χ1v) is 26.7. The van der Waals surface area contributed by atoms with Crippen molar-refractivity contribution in [3.63, 3.8) is 0 Å². The number of nitrogens with zero attached hydrogens (tertiary/aromatic N) is 7. The number of thiol groups is 1. The summed E-state index contributed by atoms with van der Waals surface area (Å²) in [6.07, 6.45) is -2.99. The third-order valence-electron chi connectivity index (χ3n) is 11.2. The van der Waals surface area contributed by atoms with E-state index in [9.17, 15) is 14.3 Å². The molecule has 2 bridgehead atoms. The molecule has 0 amide bonds. The third-order valence-corrected chi connectivity index (χ3v) is 18.8. The predicted molar refractivity (Wildman–Crippen MR) is 215 cm³/mol. The third kappa shape index (κ3) is 7.82. The molecule has 8 heterocycles. The minimum Gasteiger partial charge on any atom is -0.407 e. The molecular formula is C32H46FN9O10P2S2Si. The van der Waals surface area contributed by atoms with Crippen molar-refractivity contribution in [2.24, 2.45) is 5.73 Å². The minimum atomic E-state index is -4.45. The van der Waals surface area contributed by atoms with E-state index < -0.39 is 89.8 Å². The summed E-state index contributed by atoms with van der Waals surface area (Å²) >= 11 is 9.82. The highest BCUT2D eigenvalue weighted by molar-refractivity contribution is 8.44. The Morgan fingerprint density at radius 2 is 1.82 bits per heavy atom. The van der Waals surface area contributed by atoms with Crippen molar-refractivity contribution in [2.75, 3.05) is 31.6 Å². The predicted octanol–water partition coefficient (Wildman–Crippen LogP) is 3.95. The van der Waals surface area contributed by atoms with Crippen molar-refractivity contribution in [3.8, 4) is 0 Å². The number of halogens is 1. The maximum Gasteiger partial charge on any atom is 0.386 e. The first kappa shape index (κ1) is 41.5. The van der Waals surface area contributed by atoms with Gasteiger partial charge in [-0.3, -0.25) is 27.5 Å². The molecule has 8 rings (SSSR count). The molecule has 3 saturated heterocycles. The van der Waals surface area contributed by atoms with Gasteiger partial charge in [-0.05, 0) is 48.3 Å². The number of fused-ring (bicyclic) bond motifs is 4. The van der Waals surface area contributed by atoms with Gasteiger partial charge in [0.05, 0.1) is 24.9 Å². The zero-order valence-corrected chi connectivity index (χ0v) is 36.3. The number of rotatable bonds is 6. The molecule has 0 aromatic carbocycles. The van der Waals surface area contributed by atoms with Crippen LogP contribution in [0.2, 0.25) is 18.1 Å². The van der Waals surface area contributed by atoms with Gasteiger partial charge >= 0.3 is 13.5 Å². The van der Waals surface area contributed by atoms with E-state index in [2.05, 4.69) is 71.4 Å². The van der Waals surface area contributed by atoms with Gasteiger partial charge in [0.15, 0.2) is 38.1 Å². The van der Waals surface area contributed by atoms with Crippen molar-refractivity contribution < 1.29 is 45.8 Å². The van der Waals surface area contributed by atoms with E-state index in [0.717, 1.165) is 30.3 Å². The standard InChI is InChI=1S/C32H46FN9O10P2S2Si/c1-32(2,3)57(4,5)52-25-23-19(49-31(25)41-11-17-7-6-9-35-26-20(17)27(41)37-14-36-26)13-47-54(45,56)51-24-21(33)18(12-46-53(44,55)50-23)48-30(24)42-16-38-22-28(42)39-15-40(10-8-34)29(22)43/h11,14-16,18-19,21,23-25,30-31H,6-10,12-13,34H2,1-5H3,(H,44,55)(H,45,56)(H,35,36,37)/t18-,19-,21-,23-,24-,25-,30-,31-,53?,54?/m1/s1. The number of ether oxygens (including phenoxy) is 2. The Hall–Kier alpha value is -2.21. The van der Waals surface area contributed by atoms with Crippen LogP contribution >= 0.6 is 25.8 Å². The molecule has 4 aromatic heterocycles. The molecule has 10 atom stereocenters. The van der Waals surface area contributed by atoms with Gasteiger partial charge in [-0.2, -0.15) is 0 Å². The van der Waals surface area contributed by atoms with E-state index in [-0.39, 0.29) is 29.3 Å². The minimum absolute atomic E-state index is 0.0328. The molecule has 0 saturated carbocycles. The summed E-state index contributed by atoms with van der Waals surface area (Å²) in [5, 5.41) is 3.95. The Morgan fingerprint density at radius 1 is 1.07 bits per heavy atom. The summed E-state index contributed by atoms with van der Waals surface area (Å²) in [5.74, 6) is 0.699. The number of alkyl halides is 1. The van der Waals surface area contributed by atoms with Gasteiger partial charge in [-0.1, -0.05) is 33.0 Å². The average molecular weight is 890 g/mol. The average Bonchev–Trinajstić information content (AvgIpc) is 3.85. The van der Waals surface area contributed by atoms with E-state index >= 15 is 4.39 Å². The summed E-state index contributed by atoms with van der Waals surface area (Å²) in [6.45, 7) is 1.77. The summed E-state index contributed by atoms with van der Waals surface area (Å²) in [7, 11) is -2.64. The van der Waals surface area contributed by atoms with Crippen LogP contribution in [0, 0.1) is 0 Å². The molecule has 4 aliphatic heterocycles. The number of nitrogens with one attached hydrogen (secondary N) is 1. The van der Waals surface area contributed by atoms with Crippen molar-refractivity contribution in [3.05, 3.63) is 41.1 Å². The van der Waals surface area contributed by atoms with Gasteiger partial charge in [0, 0.05) is 25.8 Å². The number of nitrogens with two attached hydrogens (primary N) is 1. The van der Waals surface area contributed by atoms with Gasteiger partial charge in [-0.25, -0.2) is 28.9 Å². The molecule has 3 fully saturated rings. The van der Waals surface area contributed by atoms with Gasteiger partial charge < -0.3 is 38.9 Å². The maximum atomic E-state index is 16.4. The van der Waals surface area contributed by atoms with Gasteiger partial charge in [0.25, 0.3) is 5.56 Å². The summed E-state index contributed by atoms with van der Waals surface area (Å²) in [6, 6.07) is 0. The zero-order chi connectivity index (χ0) is 40.7. The molecule has 312 valence electrons. The van der Waals surface area contributed by atoms with E-state index in [1.165, 1.54) is 28.1 Å². The van der Waals surface area contributed by atoms with Gasteiger partial charge in [-0.15, -0.1) is 0 Å². The molecule has 0 aliphatic carbocycles. The summed E-state index contributed by atoms with van der Waals surface area (Å²) in [5.41, 5.74) is 6.77. The lowest BCUT2D eigenvalue weighted by atomic mass is 10.1. The largest absolute Gasteiger partial charge is 0.407 e. The quantitative estimate of drug-likeness (QED) is 0.122. The Bertz CT molecular complexity index is 2330. The Kier molecular flexibility index (Phi) is 11.2. The number of hydrogen-bond acceptors (Lipinski definition) is 16. The van der Waals surface area contributed by atoms with Crippen LogP contribution in [0.3, 0.4) is 0 Å². The molecule has 25 heteroatoms. The number of anilines is 1. The normalized spacial score (nSPS) is 34.0. The second-order valence-electron chi connectivity index (χ2n) is 16.0. The van der Waals surface area contributed by atoms with Gasteiger partial charge in [0.2, 0.25) is 0 Å².